The fourth-order valence-corrected chi connectivity index (χ4v) is 3.68. The largest absolute Gasteiger partial charge is 0.332 e. The third kappa shape index (κ3) is 8.12. The minimum atomic E-state index is -3.80. The second kappa shape index (κ2) is 11.4. The Hall–Kier alpha value is -2.59. The lowest BCUT2D eigenvalue weighted by molar-refractivity contribution is -0.119. The third-order valence-electron chi connectivity index (χ3n) is 3.97. The van der Waals surface area contributed by atoms with Crippen molar-refractivity contribution in [1.29, 1.82) is 0 Å². The van der Waals surface area contributed by atoms with Crippen LogP contribution in [0.4, 0.5) is 11.6 Å². The van der Waals surface area contributed by atoms with Crippen LogP contribution in [0.1, 0.15) is 45.4 Å². The molecule has 1 heterocycles. The summed E-state index contributed by atoms with van der Waals surface area (Å²) in [6, 6.07) is 7.55. The fraction of sp³-hybridized carbons (Fsp3) is 0.368. The van der Waals surface area contributed by atoms with Crippen molar-refractivity contribution in [3.05, 3.63) is 42.7 Å². The van der Waals surface area contributed by atoms with Crippen LogP contribution in [-0.2, 0) is 14.8 Å². The van der Waals surface area contributed by atoms with Crippen molar-refractivity contribution < 1.29 is 13.2 Å². The van der Waals surface area contributed by atoms with Crippen LogP contribution in [0.2, 0.25) is 0 Å². The van der Waals surface area contributed by atoms with Gasteiger partial charge in [0.05, 0.1) is 4.90 Å². The van der Waals surface area contributed by atoms with E-state index in [9.17, 15) is 13.2 Å². The van der Waals surface area contributed by atoms with Gasteiger partial charge in [-0.05, 0) is 49.0 Å². The molecule has 2 aromatic rings. The zero-order valence-corrected chi connectivity index (χ0v) is 17.9. The Morgan fingerprint density at radius 2 is 1.69 bits per heavy atom. The molecule has 1 amide bonds. The van der Waals surface area contributed by atoms with Gasteiger partial charge >= 0.3 is 0 Å². The number of carbonyl (C=O) groups is 1. The number of hydrogen-bond donors (Lipinski definition) is 3. The summed E-state index contributed by atoms with van der Waals surface area (Å²) in [5.74, 6) is -0.140. The Balaban J connectivity index is 1.83. The fourth-order valence-electron chi connectivity index (χ4n) is 2.49. The van der Waals surface area contributed by atoms with Crippen molar-refractivity contribution in [3.8, 4) is 0 Å². The molecular weight excluding hydrogens is 410 g/mol. The Labute approximate surface area is 176 Å². The van der Waals surface area contributed by atoms with Gasteiger partial charge in [0.15, 0.2) is 5.11 Å². The smallest absolute Gasteiger partial charge is 0.264 e. The summed E-state index contributed by atoms with van der Waals surface area (Å²) < 4.78 is 27.0. The molecule has 156 valence electrons. The van der Waals surface area contributed by atoms with Gasteiger partial charge in [-0.3, -0.25) is 4.79 Å². The number of aromatic nitrogens is 2. The molecule has 0 aliphatic heterocycles. The monoisotopic (exact) mass is 435 g/mol. The molecule has 0 unspecified atom stereocenters. The van der Waals surface area contributed by atoms with Gasteiger partial charge in [-0.2, -0.15) is 0 Å². The summed E-state index contributed by atoms with van der Waals surface area (Å²) in [6.45, 7) is 2.15. The summed E-state index contributed by atoms with van der Waals surface area (Å²) in [6.07, 6.45) is 8.65. The zero-order valence-electron chi connectivity index (χ0n) is 16.2. The van der Waals surface area contributed by atoms with Crippen LogP contribution >= 0.6 is 12.2 Å². The number of nitrogens with one attached hydrogen (secondary N) is 3. The molecule has 0 radical (unpaired) electrons. The van der Waals surface area contributed by atoms with Gasteiger partial charge in [-0.1, -0.05) is 32.6 Å². The first-order valence-electron chi connectivity index (χ1n) is 9.41. The lowest BCUT2D eigenvalue weighted by Crippen LogP contribution is -2.33. The van der Waals surface area contributed by atoms with Gasteiger partial charge in [0.1, 0.15) is 0 Å². The van der Waals surface area contributed by atoms with Crippen LogP contribution in [-0.4, -0.2) is 29.4 Å². The molecule has 0 bridgehead atoms. The number of sulfonamides is 1. The van der Waals surface area contributed by atoms with E-state index in [1.165, 1.54) is 30.9 Å². The van der Waals surface area contributed by atoms with Gasteiger partial charge < -0.3 is 10.6 Å². The predicted octanol–water partition coefficient (Wildman–Crippen LogP) is 3.45. The lowest BCUT2D eigenvalue weighted by atomic mass is 10.1. The highest BCUT2D eigenvalue weighted by molar-refractivity contribution is 7.92. The molecular formula is C19H25N5O3S2. The van der Waals surface area contributed by atoms with Gasteiger partial charge in [0.2, 0.25) is 11.9 Å². The molecule has 0 aliphatic carbocycles. The van der Waals surface area contributed by atoms with Crippen LogP contribution in [0.5, 0.6) is 0 Å². The highest BCUT2D eigenvalue weighted by Gasteiger charge is 2.15. The number of nitrogens with zero attached hydrogens (tertiary/aromatic N) is 2. The third-order valence-corrected chi connectivity index (χ3v) is 5.52. The summed E-state index contributed by atoms with van der Waals surface area (Å²) >= 11 is 5.14. The van der Waals surface area contributed by atoms with Gasteiger partial charge in [-0.15, -0.1) is 0 Å². The molecule has 0 saturated carbocycles. The average Bonchev–Trinajstić information content (AvgIpc) is 2.68. The maximum Gasteiger partial charge on any atom is 0.264 e. The summed E-state index contributed by atoms with van der Waals surface area (Å²) in [5, 5.41) is 5.68. The number of rotatable bonds is 10. The first-order valence-corrected chi connectivity index (χ1v) is 11.3. The highest BCUT2D eigenvalue weighted by atomic mass is 32.2. The SMILES string of the molecule is CCCCCCCC(=O)NC(=S)Nc1ccc(S(=O)(=O)Nc2ncccn2)cc1. The highest BCUT2D eigenvalue weighted by Crippen LogP contribution is 2.16. The second-order valence-electron chi connectivity index (χ2n) is 6.37. The topological polar surface area (TPSA) is 113 Å². The van der Waals surface area contributed by atoms with Crippen molar-refractivity contribution in [2.24, 2.45) is 0 Å². The summed E-state index contributed by atoms with van der Waals surface area (Å²) in [5.41, 5.74) is 0.563. The molecule has 10 heteroatoms. The number of hydrogen-bond acceptors (Lipinski definition) is 6. The van der Waals surface area contributed by atoms with Gasteiger partial charge in [0.25, 0.3) is 10.0 Å². The molecule has 0 saturated heterocycles. The standard InChI is InChI=1S/C19H25N5O3S2/c1-2-3-4-5-6-8-17(25)23-19(28)22-15-9-11-16(12-10-15)29(26,27)24-18-20-13-7-14-21-18/h7,9-14H,2-6,8H2,1H3,(H,20,21,24)(H2,22,23,25,28). The number of unbranched alkanes of at least 4 members (excludes halogenated alkanes) is 4. The lowest BCUT2D eigenvalue weighted by Gasteiger charge is -2.11. The maximum absolute atomic E-state index is 12.4. The number of amides is 1. The normalized spacial score (nSPS) is 10.9. The van der Waals surface area contributed by atoms with E-state index >= 15 is 0 Å². The Kier molecular flexibility index (Phi) is 8.94. The molecule has 3 N–H and O–H groups in total. The molecule has 0 spiro atoms. The van der Waals surface area contributed by atoms with Crippen molar-refractivity contribution >= 4 is 44.9 Å². The van der Waals surface area contributed by atoms with Gasteiger partial charge in [-0.25, -0.2) is 23.1 Å². The number of benzene rings is 1. The number of anilines is 2. The van der Waals surface area contributed by atoms with Crippen molar-refractivity contribution in [3.63, 3.8) is 0 Å². The Bertz CT molecular complexity index is 903. The molecule has 0 atom stereocenters. The van der Waals surface area contributed by atoms with E-state index in [4.69, 9.17) is 12.2 Å². The summed E-state index contributed by atoms with van der Waals surface area (Å²) in [7, 11) is -3.80. The van der Waals surface area contributed by atoms with Crippen LogP contribution in [0.3, 0.4) is 0 Å². The van der Waals surface area contributed by atoms with Gasteiger partial charge in [0, 0.05) is 24.5 Å². The van der Waals surface area contributed by atoms with E-state index in [-0.39, 0.29) is 21.9 Å². The van der Waals surface area contributed by atoms with E-state index in [1.54, 1.807) is 18.2 Å². The van der Waals surface area contributed by atoms with Crippen LogP contribution in [0, 0.1) is 0 Å². The second-order valence-corrected chi connectivity index (χ2v) is 8.46. The minimum Gasteiger partial charge on any atom is -0.332 e. The first-order chi connectivity index (χ1) is 13.9. The van der Waals surface area contributed by atoms with Crippen molar-refractivity contribution in [1.82, 2.24) is 15.3 Å². The van der Waals surface area contributed by atoms with E-state index in [0.29, 0.717) is 12.1 Å². The maximum atomic E-state index is 12.4. The molecule has 0 aliphatic rings. The molecule has 1 aromatic carbocycles. The molecule has 8 nitrogen and oxygen atoms in total. The molecule has 2 rings (SSSR count). The molecule has 29 heavy (non-hydrogen) atoms. The zero-order chi connectivity index (χ0) is 21.1. The van der Waals surface area contributed by atoms with Crippen LogP contribution in [0.25, 0.3) is 0 Å². The summed E-state index contributed by atoms with van der Waals surface area (Å²) in [4.78, 5) is 19.6. The minimum absolute atomic E-state index is 0.00622. The number of thiocarbonyl (C=S) groups is 1. The quantitative estimate of drug-likeness (QED) is 0.387. The molecule has 1 aromatic heterocycles. The molecule has 0 fully saturated rings. The Morgan fingerprint density at radius 1 is 1.03 bits per heavy atom. The number of carbonyl (C=O) groups excluding carboxylic acids is 1. The first kappa shape index (κ1) is 22.7. The van der Waals surface area contributed by atoms with Crippen molar-refractivity contribution in [2.45, 2.75) is 50.3 Å². The van der Waals surface area contributed by atoms with Crippen LogP contribution in [0.15, 0.2) is 47.6 Å². The van der Waals surface area contributed by atoms with E-state index < -0.39 is 10.0 Å². The Morgan fingerprint density at radius 3 is 2.34 bits per heavy atom. The van der Waals surface area contributed by atoms with E-state index in [1.807, 2.05) is 0 Å². The average molecular weight is 436 g/mol. The van der Waals surface area contributed by atoms with E-state index in [0.717, 1.165) is 25.7 Å². The predicted molar refractivity (Wildman–Crippen MR) is 117 cm³/mol. The van der Waals surface area contributed by atoms with E-state index in [2.05, 4.69) is 32.2 Å². The van der Waals surface area contributed by atoms with Crippen molar-refractivity contribution in [2.75, 3.05) is 10.0 Å². The van der Waals surface area contributed by atoms with Crippen LogP contribution < -0.4 is 15.4 Å².